The number of anilines is 1. The summed E-state index contributed by atoms with van der Waals surface area (Å²) in [5.41, 5.74) is 11.6. The van der Waals surface area contributed by atoms with Crippen molar-refractivity contribution in [3.8, 4) is 0 Å². The van der Waals surface area contributed by atoms with Crippen LogP contribution in [0.1, 0.15) is 43.9 Å². The Bertz CT molecular complexity index is 1120. The molecule has 5 N–H and O–H groups in total. The number of hydrazone groups is 1. The Morgan fingerprint density at radius 3 is 2.86 bits per heavy atom. The Morgan fingerprint density at radius 2 is 2.17 bits per heavy atom. The largest absolute Gasteiger partial charge is 0.370 e. The van der Waals surface area contributed by atoms with Crippen molar-refractivity contribution in [3.63, 3.8) is 0 Å². The Kier molecular flexibility index (Phi) is 8.13. The summed E-state index contributed by atoms with van der Waals surface area (Å²) in [4.78, 5) is 36.7. The van der Waals surface area contributed by atoms with Gasteiger partial charge in [0.1, 0.15) is 5.69 Å². The first-order valence-electron chi connectivity index (χ1n) is 12.3. The van der Waals surface area contributed by atoms with E-state index < -0.39 is 0 Å². The number of nitro benzene ring substituents is 1. The van der Waals surface area contributed by atoms with Crippen molar-refractivity contribution in [1.82, 2.24) is 20.7 Å². The Morgan fingerprint density at radius 1 is 1.36 bits per heavy atom. The highest BCUT2D eigenvalue weighted by Crippen LogP contribution is 2.33. The zero-order valence-corrected chi connectivity index (χ0v) is 20.4. The lowest BCUT2D eigenvalue weighted by Crippen LogP contribution is -2.36. The van der Waals surface area contributed by atoms with Gasteiger partial charge in [-0.3, -0.25) is 19.9 Å². The number of imidazole rings is 1. The van der Waals surface area contributed by atoms with Crippen molar-refractivity contribution in [2.24, 2.45) is 27.7 Å². The Balaban J connectivity index is 1.29. The van der Waals surface area contributed by atoms with Crippen LogP contribution >= 0.6 is 0 Å². The molecule has 1 atom stereocenters. The molecule has 192 valence electrons. The van der Waals surface area contributed by atoms with E-state index in [0.717, 1.165) is 37.9 Å². The zero-order valence-electron chi connectivity index (χ0n) is 20.4. The third kappa shape index (κ3) is 6.37. The van der Waals surface area contributed by atoms with Gasteiger partial charge in [0.15, 0.2) is 5.96 Å². The molecule has 3 heterocycles. The molecule has 1 amide bonds. The number of hydrogen-bond acceptors (Lipinski definition) is 7. The minimum atomic E-state index is -0.347. The van der Waals surface area contributed by atoms with E-state index in [1.165, 1.54) is 0 Å². The van der Waals surface area contributed by atoms with Crippen LogP contribution in [-0.4, -0.2) is 58.6 Å². The van der Waals surface area contributed by atoms with E-state index >= 15 is 0 Å². The molecule has 12 heteroatoms. The molecule has 0 saturated carbocycles. The molecule has 1 aromatic carbocycles. The van der Waals surface area contributed by atoms with Crippen LogP contribution in [0, 0.1) is 22.0 Å². The number of hydrogen-bond donors (Lipinski definition) is 4. The number of rotatable bonds is 9. The first-order valence-corrected chi connectivity index (χ1v) is 12.3. The summed E-state index contributed by atoms with van der Waals surface area (Å²) in [7, 11) is 0. The van der Waals surface area contributed by atoms with E-state index in [4.69, 9.17) is 5.73 Å². The smallest absolute Gasteiger partial charge is 0.293 e. The molecule has 0 bridgehead atoms. The number of aliphatic imine (C=N–C) groups is 1. The lowest BCUT2D eigenvalue weighted by atomic mass is 9.93. The van der Waals surface area contributed by atoms with E-state index in [1.54, 1.807) is 18.5 Å². The van der Waals surface area contributed by atoms with Crippen LogP contribution in [0.5, 0.6) is 0 Å². The number of amides is 1. The number of carbonyl (C=O) groups excluding carboxylic acids is 1. The first-order chi connectivity index (χ1) is 17.4. The fraction of sp³-hybridized carbons (Fsp3) is 0.500. The van der Waals surface area contributed by atoms with Crippen LogP contribution in [0.3, 0.4) is 0 Å². The van der Waals surface area contributed by atoms with Crippen molar-refractivity contribution < 1.29 is 9.72 Å². The number of aryl methyl sites for hydroxylation is 1. The highest BCUT2D eigenvalue weighted by atomic mass is 16.6. The van der Waals surface area contributed by atoms with Crippen molar-refractivity contribution in [2.45, 2.75) is 39.0 Å². The number of aromatic amines is 1. The SMILES string of the molecule is CC1CC(=O)NN=C1c1ccc(N2CCC(CN=C(N)NCCCc3cnc[nH]3)CC2)c([N+](=O)[O-])c1. The van der Waals surface area contributed by atoms with Crippen molar-refractivity contribution in [1.29, 1.82) is 0 Å². The predicted molar refractivity (Wildman–Crippen MR) is 138 cm³/mol. The lowest BCUT2D eigenvalue weighted by Gasteiger charge is -2.33. The highest BCUT2D eigenvalue weighted by Gasteiger charge is 2.28. The molecule has 1 saturated heterocycles. The molecule has 1 fully saturated rings. The average molecular weight is 496 g/mol. The summed E-state index contributed by atoms with van der Waals surface area (Å²) in [6.07, 6.45) is 7.39. The molecular weight excluding hydrogens is 462 g/mol. The maximum absolute atomic E-state index is 11.9. The van der Waals surface area contributed by atoms with E-state index in [9.17, 15) is 14.9 Å². The van der Waals surface area contributed by atoms with E-state index in [2.05, 4.69) is 35.7 Å². The highest BCUT2D eigenvalue weighted by molar-refractivity contribution is 6.06. The van der Waals surface area contributed by atoms with E-state index in [-0.39, 0.29) is 22.4 Å². The normalized spacial score (nSPS) is 19.1. The summed E-state index contributed by atoms with van der Waals surface area (Å²) >= 11 is 0. The third-order valence-electron chi connectivity index (χ3n) is 6.69. The fourth-order valence-corrected chi connectivity index (χ4v) is 4.66. The van der Waals surface area contributed by atoms with Gasteiger partial charge in [-0.25, -0.2) is 10.4 Å². The third-order valence-corrected chi connectivity index (χ3v) is 6.69. The molecule has 0 spiro atoms. The van der Waals surface area contributed by atoms with Gasteiger partial charge >= 0.3 is 0 Å². The average Bonchev–Trinajstić information content (AvgIpc) is 3.39. The number of H-pyrrole nitrogens is 1. The van der Waals surface area contributed by atoms with Gasteiger partial charge in [-0.1, -0.05) is 13.0 Å². The molecule has 2 aliphatic rings. The fourth-order valence-electron chi connectivity index (χ4n) is 4.66. The van der Waals surface area contributed by atoms with Gasteiger partial charge in [-0.15, -0.1) is 0 Å². The zero-order chi connectivity index (χ0) is 25.5. The number of piperidine rings is 1. The molecule has 2 aliphatic heterocycles. The van der Waals surface area contributed by atoms with Gasteiger partial charge < -0.3 is 20.9 Å². The lowest BCUT2D eigenvalue weighted by molar-refractivity contribution is -0.384. The van der Waals surface area contributed by atoms with E-state index in [0.29, 0.717) is 54.9 Å². The topological polar surface area (TPSA) is 167 Å². The summed E-state index contributed by atoms with van der Waals surface area (Å²) in [6.45, 7) is 4.70. The van der Waals surface area contributed by atoms with Gasteiger partial charge in [-0.05, 0) is 37.7 Å². The number of nitrogens with one attached hydrogen (secondary N) is 3. The maximum Gasteiger partial charge on any atom is 0.293 e. The number of nitro groups is 1. The van der Waals surface area contributed by atoms with Gasteiger partial charge in [0, 0.05) is 62.0 Å². The van der Waals surface area contributed by atoms with E-state index in [1.807, 2.05) is 19.2 Å². The van der Waals surface area contributed by atoms with Crippen molar-refractivity contribution >= 4 is 29.0 Å². The second-order valence-corrected chi connectivity index (χ2v) is 9.36. The standard InChI is InChI=1S/C24H33N9O3/c1-16-11-22(34)30-31-23(16)18-4-5-20(21(12-18)33(35)36)32-9-6-17(7-10-32)13-28-24(25)27-8-2-3-19-14-26-15-29-19/h4-5,12,14-17H,2-3,6-11,13H2,1H3,(H,26,29)(H,30,34)(H3,25,27,28). The van der Waals surface area contributed by atoms with Gasteiger partial charge in [0.25, 0.3) is 5.69 Å². The number of nitrogens with two attached hydrogens (primary N) is 1. The summed E-state index contributed by atoms with van der Waals surface area (Å²) < 4.78 is 0. The van der Waals surface area contributed by atoms with Crippen molar-refractivity contribution in [2.75, 3.05) is 31.1 Å². The summed E-state index contributed by atoms with van der Waals surface area (Å²) in [6, 6.07) is 5.21. The Labute approximate surface area is 209 Å². The molecule has 1 aromatic heterocycles. The first kappa shape index (κ1) is 25.1. The molecule has 1 unspecified atom stereocenters. The van der Waals surface area contributed by atoms with Crippen LogP contribution in [-0.2, 0) is 11.2 Å². The van der Waals surface area contributed by atoms with Crippen LogP contribution in [0.25, 0.3) is 0 Å². The molecule has 36 heavy (non-hydrogen) atoms. The number of benzene rings is 1. The van der Waals surface area contributed by atoms with Gasteiger partial charge in [0.2, 0.25) is 5.91 Å². The Hall–Kier alpha value is -3.96. The van der Waals surface area contributed by atoms with Crippen LogP contribution in [0.2, 0.25) is 0 Å². The van der Waals surface area contributed by atoms with Crippen LogP contribution in [0.15, 0.2) is 40.8 Å². The second kappa shape index (κ2) is 11.6. The van der Waals surface area contributed by atoms with Crippen LogP contribution in [0.4, 0.5) is 11.4 Å². The predicted octanol–water partition coefficient (Wildman–Crippen LogP) is 1.93. The number of guanidine groups is 1. The molecule has 0 aliphatic carbocycles. The number of aromatic nitrogens is 2. The van der Waals surface area contributed by atoms with Gasteiger partial charge in [-0.2, -0.15) is 5.10 Å². The summed E-state index contributed by atoms with van der Waals surface area (Å²) in [5.74, 6) is 0.585. The summed E-state index contributed by atoms with van der Waals surface area (Å²) in [5, 5.41) is 19.2. The monoisotopic (exact) mass is 495 g/mol. The molecule has 4 rings (SSSR count). The number of carbonyl (C=O) groups is 1. The maximum atomic E-state index is 11.9. The molecule has 0 radical (unpaired) electrons. The number of nitrogens with zero attached hydrogens (tertiary/aromatic N) is 5. The minimum Gasteiger partial charge on any atom is -0.370 e. The molecule has 12 nitrogen and oxygen atoms in total. The van der Waals surface area contributed by atoms with Crippen LogP contribution < -0.4 is 21.4 Å². The second-order valence-electron chi connectivity index (χ2n) is 9.36. The quantitative estimate of drug-likeness (QED) is 0.135. The molecule has 2 aromatic rings. The van der Waals surface area contributed by atoms with Gasteiger partial charge in [0.05, 0.1) is 17.0 Å². The minimum absolute atomic E-state index is 0.0549. The molecular formula is C24H33N9O3. The van der Waals surface area contributed by atoms with Crippen molar-refractivity contribution in [3.05, 3.63) is 52.1 Å².